The molecule has 0 radical (unpaired) electrons. The zero-order valence-electron chi connectivity index (χ0n) is 20.7. The van der Waals surface area contributed by atoms with Gasteiger partial charge in [-0.15, -0.1) is 0 Å². The minimum atomic E-state index is -1.13. The van der Waals surface area contributed by atoms with Crippen LogP contribution in [0.2, 0.25) is 5.02 Å². The molecule has 0 saturated carbocycles. The average Bonchev–Trinajstić information content (AvgIpc) is 2.83. The lowest BCUT2D eigenvalue weighted by molar-refractivity contribution is -0.0197. The molecule has 1 saturated heterocycles. The van der Waals surface area contributed by atoms with Crippen LogP contribution in [0, 0.1) is 19.7 Å². The number of aryl methyl sites for hydroxylation is 2. The van der Waals surface area contributed by atoms with Crippen molar-refractivity contribution in [2.75, 3.05) is 13.7 Å². The number of ether oxygens (including phenoxy) is 1. The highest BCUT2D eigenvalue weighted by Gasteiger charge is 2.44. The Kier molecular flexibility index (Phi) is 6.73. The number of nitrogens with zero attached hydrogens (tertiary/aromatic N) is 1. The Bertz CT molecular complexity index is 1430. The quantitative estimate of drug-likeness (QED) is 0.320. The number of pyridine rings is 1. The molecule has 1 fully saturated rings. The molecule has 0 amide bonds. The predicted octanol–water partition coefficient (Wildman–Crippen LogP) is 6.64. The maximum Gasteiger partial charge on any atom is 0.217 e. The first kappa shape index (κ1) is 24.7. The van der Waals surface area contributed by atoms with Crippen molar-refractivity contribution in [1.29, 1.82) is 0 Å². The van der Waals surface area contributed by atoms with Gasteiger partial charge in [0, 0.05) is 27.9 Å². The molecule has 3 unspecified atom stereocenters. The van der Waals surface area contributed by atoms with Gasteiger partial charge in [-0.2, -0.15) is 0 Å². The molecule has 3 aromatic carbocycles. The van der Waals surface area contributed by atoms with E-state index in [-0.39, 0.29) is 11.9 Å². The molecule has 4 nitrogen and oxygen atoms in total. The van der Waals surface area contributed by atoms with Crippen LogP contribution in [-0.2, 0) is 0 Å². The molecular weight excluding hydrogens is 475 g/mol. The number of hydrogen-bond donors (Lipinski definition) is 2. The van der Waals surface area contributed by atoms with Gasteiger partial charge in [-0.3, -0.25) is 0 Å². The lowest BCUT2D eigenvalue weighted by Gasteiger charge is -2.44. The molecule has 3 atom stereocenters. The minimum Gasteiger partial charge on any atom is -0.481 e. The molecule has 4 aromatic rings. The van der Waals surface area contributed by atoms with Crippen molar-refractivity contribution in [2.45, 2.75) is 44.2 Å². The highest BCUT2D eigenvalue weighted by molar-refractivity contribution is 6.30. The van der Waals surface area contributed by atoms with Crippen LogP contribution in [0.25, 0.3) is 10.9 Å². The smallest absolute Gasteiger partial charge is 0.217 e. The van der Waals surface area contributed by atoms with E-state index in [1.54, 1.807) is 7.11 Å². The topological polar surface area (TPSA) is 54.4 Å². The molecular formula is C30H30ClFN2O2. The maximum absolute atomic E-state index is 13.8. The molecule has 6 heteroatoms. The number of rotatable bonds is 5. The molecule has 0 aliphatic carbocycles. The lowest BCUT2D eigenvalue weighted by Crippen LogP contribution is -2.48. The standard InChI is InChI=1S/C30H30ClFN2O2/c1-18-7-10-26-21(13-18)16-25(29(34-26)36-3)28(20-5-4-6-22(31)15-20)30(35)11-12-33-27(17-30)24-9-8-23(32)14-19(24)2/h4-10,13-16,27-28,33,35H,11-12,17H2,1-3H3. The largest absolute Gasteiger partial charge is 0.481 e. The summed E-state index contributed by atoms with van der Waals surface area (Å²) in [5.41, 5.74) is 4.39. The van der Waals surface area contributed by atoms with Gasteiger partial charge >= 0.3 is 0 Å². The molecule has 2 heterocycles. The second-order valence-corrected chi connectivity index (χ2v) is 10.3. The first-order valence-electron chi connectivity index (χ1n) is 12.2. The van der Waals surface area contributed by atoms with Crippen molar-refractivity contribution in [1.82, 2.24) is 10.3 Å². The van der Waals surface area contributed by atoms with Gasteiger partial charge in [0.25, 0.3) is 0 Å². The van der Waals surface area contributed by atoms with E-state index in [0.717, 1.165) is 38.7 Å². The summed E-state index contributed by atoms with van der Waals surface area (Å²) >= 11 is 6.43. The highest BCUT2D eigenvalue weighted by Crippen LogP contribution is 2.47. The summed E-state index contributed by atoms with van der Waals surface area (Å²) < 4.78 is 19.6. The predicted molar refractivity (Wildman–Crippen MR) is 142 cm³/mol. The number of fused-ring (bicyclic) bond motifs is 1. The van der Waals surface area contributed by atoms with Crippen LogP contribution >= 0.6 is 11.6 Å². The molecule has 5 rings (SSSR count). The third kappa shape index (κ3) is 4.71. The molecule has 1 aromatic heterocycles. The monoisotopic (exact) mass is 504 g/mol. The number of halogens is 2. The Morgan fingerprint density at radius 3 is 2.69 bits per heavy atom. The van der Waals surface area contributed by atoms with Crippen molar-refractivity contribution >= 4 is 22.5 Å². The number of hydrogen-bond acceptors (Lipinski definition) is 4. The van der Waals surface area contributed by atoms with Crippen molar-refractivity contribution in [3.63, 3.8) is 0 Å². The zero-order chi connectivity index (χ0) is 25.4. The number of methoxy groups -OCH3 is 1. The summed E-state index contributed by atoms with van der Waals surface area (Å²) in [6.45, 7) is 4.56. The fourth-order valence-corrected chi connectivity index (χ4v) is 5.83. The number of aromatic nitrogens is 1. The number of aliphatic hydroxyl groups is 1. The fraction of sp³-hybridized carbons (Fsp3) is 0.300. The van der Waals surface area contributed by atoms with Crippen molar-refractivity contribution in [3.05, 3.63) is 105 Å². The van der Waals surface area contributed by atoms with E-state index >= 15 is 0 Å². The minimum absolute atomic E-state index is 0.132. The maximum atomic E-state index is 13.8. The summed E-state index contributed by atoms with van der Waals surface area (Å²) in [6.07, 6.45) is 0.960. The van der Waals surface area contributed by atoms with Crippen LogP contribution in [0.4, 0.5) is 4.39 Å². The summed E-state index contributed by atoms with van der Waals surface area (Å²) in [6, 6.07) is 20.5. The van der Waals surface area contributed by atoms with Gasteiger partial charge in [-0.25, -0.2) is 9.37 Å². The fourth-order valence-electron chi connectivity index (χ4n) is 5.63. The summed E-state index contributed by atoms with van der Waals surface area (Å²) in [5, 5.41) is 17.5. The second kappa shape index (κ2) is 9.81. The van der Waals surface area contributed by atoms with E-state index in [2.05, 4.69) is 17.4 Å². The van der Waals surface area contributed by atoms with E-state index in [1.807, 2.05) is 56.3 Å². The van der Waals surface area contributed by atoms with E-state index in [1.165, 1.54) is 12.1 Å². The highest BCUT2D eigenvalue weighted by atomic mass is 35.5. The molecule has 0 bridgehead atoms. The third-order valence-electron chi connectivity index (χ3n) is 7.30. The number of benzene rings is 3. The van der Waals surface area contributed by atoms with Gasteiger partial charge in [-0.1, -0.05) is 41.4 Å². The van der Waals surface area contributed by atoms with Gasteiger partial charge in [0.15, 0.2) is 0 Å². The lowest BCUT2D eigenvalue weighted by atomic mass is 9.70. The van der Waals surface area contributed by atoms with Crippen molar-refractivity contribution in [2.24, 2.45) is 0 Å². The van der Waals surface area contributed by atoms with Crippen molar-refractivity contribution < 1.29 is 14.2 Å². The summed E-state index contributed by atoms with van der Waals surface area (Å²) in [7, 11) is 1.61. The van der Waals surface area contributed by atoms with Gasteiger partial charge in [-0.05, 0) is 92.4 Å². The van der Waals surface area contributed by atoms with Crippen LogP contribution in [0.5, 0.6) is 5.88 Å². The van der Waals surface area contributed by atoms with E-state index < -0.39 is 11.5 Å². The van der Waals surface area contributed by atoms with E-state index in [0.29, 0.717) is 30.3 Å². The Balaban J connectivity index is 1.67. The normalized spacial score (nSPS) is 20.9. The van der Waals surface area contributed by atoms with Crippen LogP contribution in [-0.4, -0.2) is 29.3 Å². The molecule has 1 aliphatic rings. The van der Waals surface area contributed by atoms with Crippen LogP contribution in [0.1, 0.15) is 52.6 Å². The summed E-state index contributed by atoms with van der Waals surface area (Å²) in [5.74, 6) is -0.215. The van der Waals surface area contributed by atoms with Crippen LogP contribution in [0.3, 0.4) is 0 Å². The van der Waals surface area contributed by atoms with Gasteiger partial charge < -0.3 is 15.2 Å². The molecule has 186 valence electrons. The Morgan fingerprint density at radius 1 is 1.11 bits per heavy atom. The zero-order valence-corrected chi connectivity index (χ0v) is 21.4. The number of piperidine rings is 1. The second-order valence-electron chi connectivity index (χ2n) is 9.84. The van der Waals surface area contributed by atoms with Crippen LogP contribution in [0.15, 0.2) is 66.7 Å². The molecule has 1 aliphatic heterocycles. The Labute approximate surface area is 216 Å². The Hall–Kier alpha value is -2.99. The number of nitrogens with one attached hydrogen (secondary N) is 1. The van der Waals surface area contributed by atoms with E-state index in [9.17, 15) is 9.50 Å². The molecule has 0 spiro atoms. The van der Waals surface area contributed by atoms with Crippen LogP contribution < -0.4 is 10.1 Å². The average molecular weight is 505 g/mol. The molecule has 36 heavy (non-hydrogen) atoms. The summed E-state index contributed by atoms with van der Waals surface area (Å²) in [4.78, 5) is 4.81. The first-order chi connectivity index (χ1) is 17.3. The third-order valence-corrected chi connectivity index (χ3v) is 7.54. The van der Waals surface area contributed by atoms with Gasteiger partial charge in [0.2, 0.25) is 5.88 Å². The van der Waals surface area contributed by atoms with E-state index in [4.69, 9.17) is 21.3 Å². The SMILES string of the molecule is COc1nc2ccc(C)cc2cc1C(c1cccc(Cl)c1)C1(O)CCNC(c2ccc(F)cc2C)C1. The van der Waals surface area contributed by atoms with Gasteiger partial charge in [0.05, 0.1) is 18.2 Å². The molecule has 2 N–H and O–H groups in total. The Morgan fingerprint density at radius 2 is 1.94 bits per heavy atom. The first-order valence-corrected chi connectivity index (χ1v) is 12.6. The van der Waals surface area contributed by atoms with Gasteiger partial charge in [0.1, 0.15) is 5.82 Å². The van der Waals surface area contributed by atoms with Crippen molar-refractivity contribution in [3.8, 4) is 5.88 Å².